The molecule has 11 nitrogen and oxygen atoms in total. The minimum Gasteiger partial charge on any atom is -0.493 e. The molecule has 1 aliphatic carbocycles. The van der Waals surface area contributed by atoms with E-state index < -0.39 is 37.7 Å². The van der Waals surface area contributed by atoms with Gasteiger partial charge < -0.3 is 20.1 Å². The smallest absolute Gasteiger partial charge is 0.276 e. The number of halogens is 1. The number of anilines is 1. The summed E-state index contributed by atoms with van der Waals surface area (Å²) < 4.78 is 33.0. The fourth-order valence-electron chi connectivity index (χ4n) is 6.63. The van der Waals surface area contributed by atoms with Crippen LogP contribution in [-0.4, -0.2) is 59.2 Å². The molecule has 0 bridgehead atoms. The summed E-state index contributed by atoms with van der Waals surface area (Å²) in [7, 11) is -1.18. The van der Waals surface area contributed by atoms with Gasteiger partial charge in [-0.1, -0.05) is 56.8 Å². The van der Waals surface area contributed by atoms with Crippen LogP contribution in [0.1, 0.15) is 71.7 Å². The van der Waals surface area contributed by atoms with Crippen molar-refractivity contribution < 1.29 is 28.1 Å². The van der Waals surface area contributed by atoms with Gasteiger partial charge in [-0.25, -0.2) is 13.7 Å². The Morgan fingerprint density at radius 2 is 1.84 bits per heavy atom. The lowest BCUT2D eigenvalue weighted by molar-refractivity contribution is -0.119. The van der Waals surface area contributed by atoms with Crippen LogP contribution < -0.4 is 15.4 Å². The molecule has 1 saturated carbocycles. The molecule has 1 fully saturated rings. The van der Waals surface area contributed by atoms with E-state index in [4.69, 9.17) is 19.2 Å². The molecule has 6 rings (SSSR count). The first-order valence-corrected chi connectivity index (χ1v) is 20.6. The van der Waals surface area contributed by atoms with Gasteiger partial charge in [0.1, 0.15) is 30.0 Å². The lowest BCUT2D eigenvalue weighted by atomic mass is 9.75. The highest BCUT2D eigenvalue weighted by atomic mass is 28.3. The Labute approximate surface area is 286 Å². The van der Waals surface area contributed by atoms with Crippen LogP contribution in [0.3, 0.4) is 0 Å². The third-order valence-electron chi connectivity index (χ3n) is 9.59. The zero-order valence-electron chi connectivity index (χ0n) is 29.2. The number of aryl methyl sites for hydroxylation is 1. The van der Waals surface area contributed by atoms with E-state index in [1.54, 1.807) is 6.07 Å². The van der Waals surface area contributed by atoms with Crippen molar-refractivity contribution in [2.45, 2.75) is 90.8 Å². The molecule has 260 valence electrons. The highest BCUT2D eigenvalue weighted by Crippen LogP contribution is 2.61. The topological polar surface area (TPSA) is 133 Å². The number of ether oxygens (including phenoxy) is 2. The van der Waals surface area contributed by atoms with Crippen molar-refractivity contribution in [3.8, 4) is 16.9 Å². The Morgan fingerprint density at radius 3 is 2.51 bits per heavy atom. The normalized spacial score (nSPS) is 17.0. The average Bonchev–Trinajstić information content (AvgIpc) is 3.50. The zero-order valence-corrected chi connectivity index (χ0v) is 30.2. The van der Waals surface area contributed by atoms with Crippen molar-refractivity contribution in [1.29, 1.82) is 0 Å². The molecular weight excluding hydrogens is 644 g/mol. The minimum atomic E-state index is -1.18. The van der Waals surface area contributed by atoms with Gasteiger partial charge in [0.05, 0.1) is 12.3 Å². The Balaban J connectivity index is 1.25. The van der Waals surface area contributed by atoms with Crippen LogP contribution in [0.5, 0.6) is 5.75 Å². The first kappa shape index (κ1) is 34.5. The van der Waals surface area contributed by atoms with Gasteiger partial charge >= 0.3 is 0 Å². The maximum atomic E-state index is 14.3. The summed E-state index contributed by atoms with van der Waals surface area (Å²) in [5.41, 5.74) is 5.15. The first-order chi connectivity index (χ1) is 23.3. The van der Waals surface area contributed by atoms with Crippen LogP contribution in [-0.2, 0) is 16.3 Å². The molecular formula is C36H45FN6O5Si. The van der Waals surface area contributed by atoms with Crippen LogP contribution in [0.2, 0.25) is 25.7 Å². The number of fused-ring (bicyclic) bond motifs is 1. The van der Waals surface area contributed by atoms with E-state index >= 15 is 0 Å². The number of nitrogens with zero attached hydrogens (tertiary/aromatic N) is 4. The number of amides is 2. The molecule has 2 N–H and O–H groups in total. The predicted octanol–water partition coefficient (Wildman–Crippen LogP) is 6.82. The standard InChI is InChI=1S/C36H45FN6O5Si/c1-21(2)31-33(42-48-41-31)35(45)39-32(30-27-13-10-25(37)18-28(27)47-19-36(30)14-15-36)34(44)38-26-11-8-24(9-12-26)29-22(3)40-43(23(29)4)20-46-16-17-49(5,6)7/h8-13,18,21,30,32H,14-17,19-20H2,1-7H3,(H,38,44)(H,39,45)/t30?,32-/m0/s1. The first-order valence-electron chi connectivity index (χ1n) is 16.8. The van der Waals surface area contributed by atoms with E-state index in [-0.39, 0.29) is 17.0 Å². The molecule has 1 unspecified atom stereocenters. The average molecular weight is 689 g/mol. The highest BCUT2D eigenvalue weighted by molar-refractivity contribution is 6.76. The Morgan fingerprint density at radius 1 is 1.10 bits per heavy atom. The summed E-state index contributed by atoms with van der Waals surface area (Å²) >= 11 is 0. The van der Waals surface area contributed by atoms with Gasteiger partial charge in [0, 0.05) is 60.5 Å². The largest absolute Gasteiger partial charge is 0.493 e. The van der Waals surface area contributed by atoms with Crippen LogP contribution in [0.15, 0.2) is 47.1 Å². The highest BCUT2D eigenvalue weighted by Gasteiger charge is 2.58. The van der Waals surface area contributed by atoms with Crippen molar-refractivity contribution in [3.05, 3.63) is 76.6 Å². The van der Waals surface area contributed by atoms with Crippen molar-refractivity contribution in [1.82, 2.24) is 25.4 Å². The molecule has 2 aromatic carbocycles. The number of carbonyl (C=O) groups is 2. The summed E-state index contributed by atoms with van der Waals surface area (Å²) in [6, 6.07) is 12.0. The summed E-state index contributed by atoms with van der Waals surface area (Å²) in [6.45, 7) is 16.2. The van der Waals surface area contributed by atoms with Crippen molar-refractivity contribution in [2.75, 3.05) is 18.5 Å². The molecule has 2 aliphatic rings. The molecule has 49 heavy (non-hydrogen) atoms. The van der Waals surface area contributed by atoms with Crippen molar-refractivity contribution in [3.63, 3.8) is 0 Å². The van der Waals surface area contributed by atoms with Crippen LogP contribution in [0.25, 0.3) is 11.1 Å². The SMILES string of the molecule is Cc1nn(COCC[Si](C)(C)C)c(C)c1-c1ccc(NC(=O)[C@@H](NC(=O)c2nonc2C(C)C)C2c3ccc(F)cc3OCC23CC3)cc1. The maximum Gasteiger partial charge on any atom is 0.276 e. The number of aromatic nitrogens is 4. The Bertz CT molecular complexity index is 1840. The number of carbonyl (C=O) groups excluding carboxylic acids is 2. The van der Waals surface area contributed by atoms with Crippen molar-refractivity contribution >= 4 is 25.6 Å². The van der Waals surface area contributed by atoms with Crippen LogP contribution >= 0.6 is 0 Å². The Kier molecular flexibility index (Phi) is 9.51. The van der Waals surface area contributed by atoms with E-state index in [0.717, 1.165) is 41.4 Å². The molecule has 4 aromatic rings. The van der Waals surface area contributed by atoms with E-state index in [9.17, 15) is 14.0 Å². The number of hydrogen-bond donors (Lipinski definition) is 2. The monoisotopic (exact) mass is 688 g/mol. The Hall–Kier alpha value is -4.36. The van der Waals surface area contributed by atoms with E-state index in [2.05, 4.69) is 40.6 Å². The van der Waals surface area contributed by atoms with Gasteiger partial charge in [0.2, 0.25) is 5.91 Å². The van der Waals surface area contributed by atoms with E-state index in [1.165, 1.54) is 12.1 Å². The van der Waals surface area contributed by atoms with E-state index in [0.29, 0.717) is 42.6 Å². The summed E-state index contributed by atoms with van der Waals surface area (Å²) in [4.78, 5) is 27.9. The third kappa shape index (κ3) is 7.32. The quantitative estimate of drug-likeness (QED) is 0.122. The molecule has 13 heteroatoms. The van der Waals surface area contributed by atoms with Crippen molar-refractivity contribution in [2.24, 2.45) is 5.41 Å². The second-order valence-corrected chi connectivity index (χ2v) is 20.5. The lowest BCUT2D eigenvalue weighted by Crippen LogP contribution is -2.52. The molecule has 2 aromatic heterocycles. The third-order valence-corrected chi connectivity index (χ3v) is 11.3. The fourth-order valence-corrected chi connectivity index (χ4v) is 7.39. The van der Waals surface area contributed by atoms with Gasteiger partial charge in [-0.05, 0) is 61.7 Å². The number of hydrogen-bond acceptors (Lipinski definition) is 8. The second kappa shape index (κ2) is 13.5. The maximum absolute atomic E-state index is 14.3. The summed E-state index contributed by atoms with van der Waals surface area (Å²) in [5.74, 6) is -1.63. The van der Waals surface area contributed by atoms with Crippen LogP contribution in [0, 0.1) is 25.1 Å². The molecule has 1 aliphatic heterocycles. The molecule has 3 heterocycles. The minimum absolute atomic E-state index is 0.0288. The van der Waals surface area contributed by atoms with Gasteiger partial charge in [-0.15, -0.1) is 0 Å². The fraction of sp³-hybridized carbons (Fsp3) is 0.472. The second-order valence-electron chi connectivity index (χ2n) is 14.9. The number of rotatable bonds is 12. The summed E-state index contributed by atoms with van der Waals surface area (Å²) in [5, 5.41) is 18.5. The van der Waals surface area contributed by atoms with Gasteiger partial charge in [0.15, 0.2) is 5.69 Å². The summed E-state index contributed by atoms with van der Waals surface area (Å²) in [6.07, 6.45) is 1.61. The van der Waals surface area contributed by atoms with Crippen LogP contribution in [0.4, 0.5) is 10.1 Å². The van der Waals surface area contributed by atoms with Gasteiger partial charge in [-0.3, -0.25) is 9.59 Å². The molecule has 0 saturated heterocycles. The molecule has 0 radical (unpaired) electrons. The predicted molar refractivity (Wildman–Crippen MR) is 186 cm³/mol. The number of nitrogens with one attached hydrogen (secondary N) is 2. The molecule has 1 spiro atoms. The molecule has 2 amide bonds. The van der Waals surface area contributed by atoms with Gasteiger partial charge in [-0.2, -0.15) is 5.10 Å². The zero-order chi connectivity index (χ0) is 35.1. The number of benzene rings is 2. The van der Waals surface area contributed by atoms with Gasteiger partial charge in [0.25, 0.3) is 5.91 Å². The van der Waals surface area contributed by atoms with E-state index in [1.807, 2.05) is 56.6 Å². The lowest BCUT2D eigenvalue weighted by Gasteiger charge is -2.38. The molecule has 2 atom stereocenters.